The molecule has 1 aromatic carbocycles. The van der Waals surface area contributed by atoms with Gasteiger partial charge >= 0.3 is 0 Å². The molecular weight excluding hydrogens is 340 g/mol. The van der Waals surface area contributed by atoms with Gasteiger partial charge in [-0.3, -0.25) is 0 Å². The quantitative estimate of drug-likeness (QED) is 0.522. The van der Waals surface area contributed by atoms with Crippen molar-refractivity contribution in [1.29, 1.82) is 0 Å². The predicted octanol–water partition coefficient (Wildman–Crippen LogP) is 4.50. The maximum Gasteiger partial charge on any atom is 0.191 e. The maximum atomic E-state index is 12.7. The molecule has 0 aliphatic carbocycles. The molecule has 0 saturated carbocycles. The predicted molar refractivity (Wildman–Crippen MR) is 102 cm³/mol. The maximum absolute atomic E-state index is 12.7. The lowest BCUT2D eigenvalue weighted by Gasteiger charge is -2.36. The van der Waals surface area contributed by atoms with Crippen molar-refractivity contribution in [3.05, 3.63) is 23.3 Å². The molecule has 6 heteroatoms. The third-order valence-electron chi connectivity index (χ3n) is 4.81. The molecule has 0 fully saturated rings. The zero-order valence-corrected chi connectivity index (χ0v) is 18.1. The molecule has 0 N–H and O–H groups in total. The number of benzene rings is 1. The highest BCUT2D eigenvalue weighted by Gasteiger charge is 2.37. The van der Waals surface area contributed by atoms with Crippen molar-refractivity contribution >= 4 is 18.2 Å². The van der Waals surface area contributed by atoms with Crippen LogP contribution in [0.3, 0.4) is 0 Å². The Bertz CT molecular complexity index is 650. The van der Waals surface area contributed by atoms with Gasteiger partial charge in [-0.2, -0.15) is 0 Å². The lowest BCUT2D eigenvalue weighted by atomic mass is 10.1. The molecule has 0 atom stereocenters. The molecule has 0 saturated heterocycles. The highest BCUT2D eigenvalue weighted by molar-refractivity contribution is 7.91. The molecule has 138 valence electrons. The normalized spacial score (nSPS) is 13.2. The van der Waals surface area contributed by atoms with E-state index in [-0.39, 0.29) is 10.8 Å². The van der Waals surface area contributed by atoms with E-state index in [4.69, 9.17) is 9.16 Å². The van der Waals surface area contributed by atoms with Crippen LogP contribution in [0.4, 0.5) is 0 Å². The number of aryl methyl sites for hydroxylation is 2. The standard InChI is InChI=1S/C18H32O4SSi/c1-14-12-16(21-6)13-15(2)17(14)23(19,20)11-9-10-22-24(7,8)18(3,4)5/h12-13H,9-11H2,1-8H3. The van der Waals surface area contributed by atoms with Crippen molar-refractivity contribution in [3.63, 3.8) is 0 Å². The Morgan fingerprint density at radius 2 is 1.58 bits per heavy atom. The van der Waals surface area contributed by atoms with E-state index in [0.717, 1.165) is 11.1 Å². The first kappa shape index (κ1) is 21.2. The van der Waals surface area contributed by atoms with E-state index in [0.29, 0.717) is 23.7 Å². The summed E-state index contributed by atoms with van der Waals surface area (Å²) in [5.74, 6) is 0.792. The van der Waals surface area contributed by atoms with E-state index in [2.05, 4.69) is 33.9 Å². The number of methoxy groups -OCH3 is 1. The van der Waals surface area contributed by atoms with Gasteiger partial charge in [-0.25, -0.2) is 8.42 Å². The van der Waals surface area contributed by atoms with Crippen LogP contribution < -0.4 is 4.74 Å². The molecule has 1 aromatic rings. The summed E-state index contributed by atoms with van der Waals surface area (Å²) >= 11 is 0. The van der Waals surface area contributed by atoms with Gasteiger partial charge in [-0.15, -0.1) is 0 Å². The average molecular weight is 373 g/mol. The second-order valence-electron chi connectivity index (χ2n) is 7.87. The molecule has 0 aliphatic heterocycles. The molecule has 0 aliphatic rings. The third-order valence-corrected chi connectivity index (χ3v) is 11.4. The van der Waals surface area contributed by atoms with Crippen molar-refractivity contribution < 1.29 is 17.6 Å². The summed E-state index contributed by atoms with van der Waals surface area (Å²) in [4.78, 5) is 0.427. The van der Waals surface area contributed by atoms with Gasteiger partial charge in [0.25, 0.3) is 0 Å². The molecule has 1 rings (SSSR count). The second kappa shape index (κ2) is 7.58. The Kier molecular flexibility index (Phi) is 6.69. The van der Waals surface area contributed by atoms with Gasteiger partial charge in [0.2, 0.25) is 0 Å². The lowest BCUT2D eigenvalue weighted by molar-refractivity contribution is 0.288. The van der Waals surface area contributed by atoms with Gasteiger partial charge in [0.1, 0.15) is 5.75 Å². The summed E-state index contributed by atoms with van der Waals surface area (Å²) in [6.07, 6.45) is 0.514. The minimum Gasteiger partial charge on any atom is -0.497 e. The first-order valence-electron chi connectivity index (χ1n) is 8.34. The van der Waals surface area contributed by atoms with Crippen molar-refractivity contribution in [2.45, 2.75) is 64.1 Å². The minimum absolute atomic E-state index is 0.107. The van der Waals surface area contributed by atoms with Crippen LogP contribution in [-0.4, -0.2) is 36.2 Å². The Labute approximate surface area is 148 Å². The monoisotopic (exact) mass is 372 g/mol. The number of rotatable bonds is 7. The Hall–Kier alpha value is -0.853. The van der Waals surface area contributed by atoms with Gasteiger partial charge in [0.15, 0.2) is 18.2 Å². The van der Waals surface area contributed by atoms with E-state index in [1.807, 2.05) is 13.8 Å². The average Bonchev–Trinajstić information content (AvgIpc) is 2.41. The molecule has 0 aromatic heterocycles. The highest BCUT2D eigenvalue weighted by atomic mass is 32.2. The minimum atomic E-state index is -3.32. The zero-order valence-electron chi connectivity index (χ0n) is 16.3. The molecular formula is C18H32O4SSi. The highest BCUT2D eigenvalue weighted by Crippen LogP contribution is 2.36. The number of sulfone groups is 1. The topological polar surface area (TPSA) is 52.6 Å². The first-order chi connectivity index (χ1) is 10.8. The summed E-state index contributed by atoms with van der Waals surface area (Å²) < 4.78 is 36.7. The Morgan fingerprint density at radius 1 is 1.08 bits per heavy atom. The molecule has 0 unspecified atom stereocenters. The van der Waals surface area contributed by atoms with Crippen LogP contribution in [0.25, 0.3) is 0 Å². The molecule has 24 heavy (non-hydrogen) atoms. The zero-order chi connectivity index (χ0) is 18.8. The van der Waals surface area contributed by atoms with Gasteiger partial charge in [0.05, 0.1) is 17.8 Å². The Morgan fingerprint density at radius 3 is 2.00 bits per heavy atom. The van der Waals surface area contributed by atoms with Crippen molar-refractivity contribution in [2.75, 3.05) is 19.5 Å². The van der Waals surface area contributed by atoms with Crippen LogP contribution >= 0.6 is 0 Å². The smallest absolute Gasteiger partial charge is 0.191 e. The van der Waals surface area contributed by atoms with Gasteiger partial charge in [-0.05, 0) is 61.7 Å². The summed E-state index contributed by atoms with van der Waals surface area (Å²) in [5.41, 5.74) is 1.47. The second-order valence-corrected chi connectivity index (χ2v) is 14.7. The van der Waals surface area contributed by atoms with Gasteiger partial charge in [0, 0.05) is 6.61 Å². The van der Waals surface area contributed by atoms with E-state index in [9.17, 15) is 8.42 Å². The van der Waals surface area contributed by atoms with Crippen LogP contribution in [0.5, 0.6) is 5.75 Å². The van der Waals surface area contributed by atoms with Crippen molar-refractivity contribution in [1.82, 2.24) is 0 Å². The lowest BCUT2D eigenvalue weighted by Crippen LogP contribution is -2.41. The van der Waals surface area contributed by atoms with Gasteiger partial charge < -0.3 is 9.16 Å². The molecule has 0 amide bonds. The molecule has 0 radical (unpaired) electrons. The van der Waals surface area contributed by atoms with E-state index in [1.54, 1.807) is 19.2 Å². The fourth-order valence-electron chi connectivity index (χ4n) is 2.41. The summed E-state index contributed by atoms with van der Waals surface area (Å²) in [7, 11) is -3.56. The van der Waals surface area contributed by atoms with Crippen LogP contribution in [0.15, 0.2) is 17.0 Å². The van der Waals surface area contributed by atoms with Crippen molar-refractivity contribution in [3.8, 4) is 5.75 Å². The summed E-state index contributed by atoms with van der Waals surface area (Å²) in [6.45, 7) is 15.0. The molecule has 0 spiro atoms. The van der Waals surface area contributed by atoms with Gasteiger partial charge in [-0.1, -0.05) is 20.8 Å². The first-order valence-corrected chi connectivity index (χ1v) is 12.9. The van der Waals surface area contributed by atoms with E-state index >= 15 is 0 Å². The number of hydrogen-bond acceptors (Lipinski definition) is 4. The van der Waals surface area contributed by atoms with E-state index < -0.39 is 18.2 Å². The SMILES string of the molecule is COc1cc(C)c(S(=O)(=O)CCCO[Si](C)(C)C(C)(C)C)c(C)c1. The molecule has 4 nitrogen and oxygen atoms in total. The molecule has 0 heterocycles. The Balaban J connectivity index is 2.79. The number of ether oxygens (including phenoxy) is 1. The van der Waals surface area contributed by atoms with Crippen LogP contribution in [-0.2, 0) is 14.3 Å². The fraction of sp³-hybridized carbons (Fsp3) is 0.667. The largest absolute Gasteiger partial charge is 0.497 e. The summed E-state index contributed by atoms with van der Waals surface area (Å²) in [6, 6.07) is 3.54. The van der Waals surface area contributed by atoms with E-state index in [1.165, 1.54) is 0 Å². The summed E-state index contributed by atoms with van der Waals surface area (Å²) in [5, 5.41) is 0.134. The van der Waals surface area contributed by atoms with Crippen molar-refractivity contribution in [2.24, 2.45) is 0 Å². The van der Waals surface area contributed by atoms with Crippen LogP contribution in [0.2, 0.25) is 18.1 Å². The van der Waals surface area contributed by atoms with Crippen LogP contribution in [0.1, 0.15) is 38.3 Å². The van der Waals surface area contributed by atoms with Crippen LogP contribution in [0, 0.1) is 13.8 Å². The number of hydrogen-bond donors (Lipinski definition) is 0. The third kappa shape index (κ3) is 5.07. The fourth-order valence-corrected chi connectivity index (χ4v) is 5.30. The molecule has 0 bridgehead atoms.